The molecule has 0 fully saturated rings. The number of fused-ring (bicyclic) bond motifs is 1. The first kappa shape index (κ1) is 12.5. The van der Waals surface area contributed by atoms with Crippen LogP contribution in [0.2, 0.25) is 0 Å². The van der Waals surface area contributed by atoms with Gasteiger partial charge in [0, 0.05) is 12.4 Å². The first-order valence-electron chi connectivity index (χ1n) is 6.27. The van der Waals surface area contributed by atoms with Crippen molar-refractivity contribution in [2.45, 2.75) is 19.1 Å². The Bertz CT molecular complexity index is 627. The molecule has 2 aromatic rings. The fourth-order valence-electron chi connectivity index (χ4n) is 2.12. The monoisotopic (exact) mass is 271 g/mol. The van der Waals surface area contributed by atoms with E-state index in [0.717, 1.165) is 17.5 Å². The number of nitrogens with zero attached hydrogens (tertiary/aromatic N) is 1. The van der Waals surface area contributed by atoms with E-state index in [1.165, 1.54) is 0 Å². The van der Waals surface area contributed by atoms with E-state index < -0.39 is 12.3 Å². The zero-order valence-corrected chi connectivity index (χ0v) is 10.7. The predicted molar refractivity (Wildman–Crippen MR) is 70.8 cm³/mol. The lowest BCUT2D eigenvalue weighted by molar-refractivity contribution is -0.141. The second-order valence-electron chi connectivity index (χ2n) is 4.58. The van der Waals surface area contributed by atoms with Crippen LogP contribution in [0.15, 0.2) is 42.7 Å². The van der Waals surface area contributed by atoms with E-state index in [1.54, 1.807) is 6.20 Å². The summed E-state index contributed by atoms with van der Waals surface area (Å²) in [4.78, 5) is 14.7. The molecule has 1 unspecified atom stereocenters. The zero-order valence-electron chi connectivity index (χ0n) is 10.7. The van der Waals surface area contributed by atoms with Crippen LogP contribution in [0.4, 0.5) is 0 Å². The lowest BCUT2D eigenvalue weighted by atomic mass is 10.1. The maximum Gasteiger partial charge on any atom is 0.310 e. The van der Waals surface area contributed by atoms with Crippen LogP contribution in [-0.4, -0.2) is 22.3 Å². The van der Waals surface area contributed by atoms with Crippen molar-refractivity contribution in [3.8, 4) is 11.5 Å². The quantitative estimate of drug-likeness (QED) is 0.923. The highest BCUT2D eigenvalue weighted by Crippen LogP contribution is 2.36. The summed E-state index contributed by atoms with van der Waals surface area (Å²) in [7, 11) is 0. The molecule has 0 saturated heterocycles. The van der Waals surface area contributed by atoms with Gasteiger partial charge in [0.15, 0.2) is 11.5 Å². The fourth-order valence-corrected chi connectivity index (χ4v) is 2.12. The van der Waals surface area contributed by atoms with E-state index >= 15 is 0 Å². The number of hydrogen-bond acceptors (Lipinski definition) is 4. The Labute approximate surface area is 115 Å². The lowest BCUT2D eigenvalue weighted by Crippen LogP contribution is -2.21. The number of aliphatic carboxylic acids is 1. The molecule has 102 valence electrons. The summed E-state index contributed by atoms with van der Waals surface area (Å²) >= 11 is 0. The minimum absolute atomic E-state index is 0.174. The van der Waals surface area contributed by atoms with Crippen LogP contribution >= 0.6 is 0 Å². The highest BCUT2D eigenvalue weighted by Gasteiger charge is 2.26. The molecule has 20 heavy (non-hydrogen) atoms. The van der Waals surface area contributed by atoms with Crippen LogP contribution in [0.3, 0.4) is 0 Å². The molecule has 1 atom stereocenters. The van der Waals surface area contributed by atoms with Crippen molar-refractivity contribution in [1.29, 1.82) is 0 Å². The number of aromatic nitrogens is 1. The van der Waals surface area contributed by atoms with Gasteiger partial charge < -0.3 is 14.6 Å². The number of hydrogen-bond donors (Lipinski definition) is 1. The van der Waals surface area contributed by atoms with Gasteiger partial charge in [-0.25, -0.2) is 0 Å². The first-order valence-corrected chi connectivity index (χ1v) is 6.27. The van der Waals surface area contributed by atoms with Crippen molar-refractivity contribution in [2.75, 3.05) is 0 Å². The summed E-state index contributed by atoms with van der Waals surface area (Å²) < 4.78 is 10.9. The van der Waals surface area contributed by atoms with E-state index in [9.17, 15) is 4.79 Å². The van der Waals surface area contributed by atoms with E-state index in [2.05, 4.69) is 4.98 Å². The van der Waals surface area contributed by atoms with Crippen LogP contribution < -0.4 is 9.47 Å². The minimum Gasteiger partial charge on any atom is -0.481 e. The number of pyridine rings is 1. The SMILES string of the molecule is O=C(O)CC1Oc2ccc(Cc3cccnc3)cc2O1. The Balaban J connectivity index is 1.74. The molecular formula is C15H13NO4. The van der Waals surface area contributed by atoms with Crippen molar-refractivity contribution in [3.63, 3.8) is 0 Å². The third kappa shape index (κ3) is 2.71. The lowest BCUT2D eigenvalue weighted by Gasteiger charge is -2.05. The second-order valence-corrected chi connectivity index (χ2v) is 4.58. The largest absolute Gasteiger partial charge is 0.481 e. The normalized spacial score (nSPS) is 16.1. The molecule has 1 aliphatic heterocycles. The van der Waals surface area contributed by atoms with Crippen LogP contribution in [0.25, 0.3) is 0 Å². The summed E-state index contributed by atoms with van der Waals surface area (Å²) in [5, 5.41) is 8.74. The number of carboxylic acids is 1. The molecule has 0 saturated carbocycles. The predicted octanol–water partition coefficient (Wildman–Crippen LogP) is 2.24. The molecule has 5 nitrogen and oxygen atoms in total. The minimum atomic E-state index is -0.946. The van der Waals surface area contributed by atoms with E-state index in [4.69, 9.17) is 14.6 Å². The molecule has 0 radical (unpaired) electrons. The Morgan fingerprint density at radius 2 is 2.05 bits per heavy atom. The molecule has 5 heteroatoms. The van der Waals surface area contributed by atoms with Gasteiger partial charge in [0.2, 0.25) is 0 Å². The molecule has 0 amide bonds. The number of carboxylic acid groups (broad SMARTS) is 1. The molecule has 1 aromatic carbocycles. The number of benzene rings is 1. The van der Waals surface area contributed by atoms with Crippen molar-refractivity contribution < 1.29 is 19.4 Å². The molecule has 0 bridgehead atoms. The van der Waals surface area contributed by atoms with Crippen LogP contribution in [0.5, 0.6) is 11.5 Å². The molecule has 1 aromatic heterocycles. The van der Waals surface area contributed by atoms with Gasteiger partial charge in [-0.1, -0.05) is 12.1 Å². The second kappa shape index (κ2) is 5.21. The smallest absolute Gasteiger partial charge is 0.310 e. The molecule has 0 aliphatic carbocycles. The summed E-state index contributed by atoms with van der Waals surface area (Å²) in [5.74, 6) is 0.238. The van der Waals surface area contributed by atoms with Crippen molar-refractivity contribution in [1.82, 2.24) is 4.98 Å². The highest BCUT2D eigenvalue weighted by atomic mass is 16.7. The van der Waals surface area contributed by atoms with Gasteiger partial charge in [-0.2, -0.15) is 0 Å². The van der Waals surface area contributed by atoms with Crippen LogP contribution in [0, 0.1) is 0 Å². The third-order valence-corrected chi connectivity index (χ3v) is 3.00. The van der Waals surface area contributed by atoms with E-state index in [0.29, 0.717) is 11.5 Å². The Morgan fingerprint density at radius 1 is 1.20 bits per heavy atom. The maximum atomic E-state index is 10.6. The topological polar surface area (TPSA) is 68.7 Å². The molecule has 0 spiro atoms. The van der Waals surface area contributed by atoms with Crippen molar-refractivity contribution >= 4 is 5.97 Å². The van der Waals surface area contributed by atoms with Crippen LogP contribution in [-0.2, 0) is 11.2 Å². The van der Waals surface area contributed by atoms with Gasteiger partial charge in [-0.15, -0.1) is 0 Å². The number of ether oxygens (including phenoxy) is 2. The van der Waals surface area contributed by atoms with Gasteiger partial charge in [0.25, 0.3) is 6.29 Å². The average molecular weight is 271 g/mol. The zero-order chi connectivity index (χ0) is 13.9. The average Bonchev–Trinajstić information content (AvgIpc) is 2.80. The summed E-state index contributed by atoms with van der Waals surface area (Å²) in [6, 6.07) is 9.53. The molecule has 2 heterocycles. The van der Waals surface area contributed by atoms with Crippen molar-refractivity contribution in [2.24, 2.45) is 0 Å². The van der Waals surface area contributed by atoms with E-state index in [-0.39, 0.29) is 6.42 Å². The van der Waals surface area contributed by atoms with Gasteiger partial charge >= 0.3 is 5.97 Å². The van der Waals surface area contributed by atoms with Crippen LogP contribution in [0.1, 0.15) is 17.5 Å². The van der Waals surface area contributed by atoms with Gasteiger partial charge in [-0.3, -0.25) is 9.78 Å². The maximum absolute atomic E-state index is 10.6. The van der Waals surface area contributed by atoms with Crippen molar-refractivity contribution in [3.05, 3.63) is 53.9 Å². The highest BCUT2D eigenvalue weighted by molar-refractivity contribution is 5.67. The first-order chi connectivity index (χ1) is 9.70. The molecular weight excluding hydrogens is 258 g/mol. The fraction of sp³-hybridized carbons (Fsp3) is 0.200. The Morgan fingerprint density at radius 3 is 2.80 bits per heavy atom. The van der Waals surface area contributed by atoms with Gasteiger partial charge in [0.05, 0.1) is 0 Å². The molecule has 1 aliphatic rings. The van der Waals surface area contributed by atoms with E-state index in [1.807, 2.05) is 36.5 Å². The Hall–Kier alpha value is -2.56. The molecule has 3 rings (SSSR count). The summed E-state index contributed by atoms with van der Waals surface area (Å²) in [5.41, 5.74) is 2.17. The number of carbonyl (C=O) groups is 1. The number of rotatable bonds is 4. The Kier molecular flexibility index (Phi) is 3.25. The van der Waals surface area contributed by atoms with Gasteiger partial charge in [-0.05, 0) is 35.7 Å². The summed E-state index contributed by atoms with van der Waals surface area (Å²) in [6.07, 6.45) is 3.38. The summed E-state index contributed by atoms with van der Waals surface area (Å²) in [6.45, 7) is 0. The molecule has 1 N–H and O–H groups in total. The third-order valence-electron chi connectivity index (χ3n) is 3.00. The van der Waals surface area contributed by atoms with Gasteiger partial charge in [0.1, 0.15) is 6.42 Å². The standard InChI is InChI=1S/C15H13NO4/c17-14(18)8-15-19-12-4-3-10(7-13(12)20-15)6-11-2-1-5-16-9-11/h1-5,7,9,15H,6,8H2,(H,17,18).